The van der Waals surface area contributed by atoms with Crippen LogP contribution in [0, 0.1) is 0 Å². The summed E-state index contributed by atoms with van der Waals surface area (Å²) in [6.07, 6.45) is 6.00. The molecular formula is C22H28N4O2. The molecule has 0 radical (unpaired) electrons. The number of hydrogen-bond acceptors (Lipinski definition) is 5. The van der Waals surface area contributed by atoms with Crippen molar-refractivity contribution in [2.24, 2.45) is 5.73 Å². The van der Waals surface area contributed by atoms with Gasteiger partial charge in [0.15, 0.2) is 0 Å². The normalized spacial score (nSPS) is 21.7. The number of anilines is 1. The summed E-state index contributed by atoms with van der Waals surface area (Å²) >= 11 is 0. The topological polar surface area (TPSA) is 108 Å². The SMILES string of the molecule is CC1c2c([nH]c(N)c2/C=C(\N)c2ccccc2O)CCN1C1CCC(=O)CC1. The smallest absolute Gasteiger partial charge is 0.133 e. The number of phenolic OH excluding ortho intramolecular Hbond substituents is 1. The number of nitrogens with two attached hydrogens (primary N) is 2. The summed E-state index contributed by atoms with van der Waals surface area (Å²) in [4.78, 5) is 17.5. The Morgan fingerprint density at radius 2 is 1.96 bits per heavy atom. The fraction of sp³-hybridized carbons (Fsp3) is 0.409. The van der Waals surface area contributed by atoms with Crippen LogP contribution >= 0.6 is 0 Å². The van der Waals surface area contributed by atoms with Crippen molar-refractivity contribution < 1.29 is 9.90 Å². The highest BCUT2D eigenvalue weighted by molar-refractivity contribution is 5.86. The van der Waals surface area contributed by atoms with Crippen molar-refractivity contribution in [2.45, 2.75) is 51.1 Å². The maximum Gasteiger partial charge on any atom is 0.133 e. The monoisotopic (exact) mass is 380 g/mol. The zero-order valence-corrected chi connectivity index (χ0v) is 16.2. The van der Waals surface area contributed by atoms with Gasteiger partial charge in [-0.2, -0.15) is 0 Å². The summed E-state index contributed by atoms with van der Waals surface area (Å²) < 4.78 is 0. The minimum absolute atomic E-state index is 0.153. The molecule has 1 saturated carbocycles. The Morgan fingerprint density at radius 1 is 1.25 bits per heavy atom. The van der Waals surface area contributed by atoms with Gasteiger partial charge in [-0.1, -0.05) is 12.1 Å². The van der Waals surface area contributed by atoms with E-state index in [4.69, 9.17) is 11.5 Å². The summed E-state index contributed by atoms with van der Waals surface area (Å²) in [5.41, 5.74) is 16.9. The minimum atomic E-state index is 0.153. The van der Waals surface area contributed by atoms with Crippen molar-refractivity contribution >= 4 is 23.4 Å². The minimum Gasteiger partial charge on any atom is -0.507 e. The number of nitrogens with zero attached hydrogens (tertiary/aromatic N) is 1. The molecule has 1 aliphatic heterocycles. The van der Waals surface area contributed by atoms with Crippen LogP contribution in [0.2, 0.25) is 0 Å². The number of carbonyl (C=O) groups excluding carboxylic acids is 1. The van der Waals surface area contributed by atoms with Gasteiger partial charge in [-0.3, -0.25) is 9.69 Å². The van der Waals surface area contributed by atoms with E-state index in [0.717, 1.165) is 37.1 Å². The van der Waals surface area contributed by atoms with Crippen LogP contribution in [-0.2, 0) is 11.2 Å². The first-order valence-corrected chi connectivity index (χ1v) is 9.99. The van der Waals surface area contributed by atoms with Crippen LogP contribution in [-0.4, -0.2) is 33.4 Å². The third-order valence-electron chi connectivity index (χ3n) is 6.22. The Kier molecular flexibility index (Phi) is 4.89. The average molecular weight is 380 g/mol. The average Bonchev–Trinajstić information content (AvgIpc) is 2.99. The number of para-hydroxylation sites is 1. The summed E-state index contributed by atoms with van der Waals surface area (Å²) in [5.74, 6) is 1.14. The molecule has 148 valence electrons. The van der Waals surface area contributed by atoms with Crippen LogP contribution < -0.4 is 11.5 Å². The van der Waals surface area contributed by atoms with Crippen LogP contribution in [0.5, 0.6) is 5.75 Å². The van der Waals surface area contributed by atoms with Crippen LogP contribution in [0.1, 0.15) is 61.0 Å². The zero-order chi connectivity index (χ0) is 19.8. The fourth-order valence-corrected chi connectivity index (χ4v) is 4.74. The highest BCUT2D eigenvalue weighted by Crippen LogP contribution is 2.39. The van der Waals surface area contributed by atoms with Gasteiger partial charge < -0.3 is 21.6 Å². The lowest BCUT2D eigenvalue weighted by Gasteiger charge is -2.41. The molecule has 1 atom stereocenters. The molecule has 1 aromatic carbocycles. The predicted octanol–water partition coefficient (Wildman–Crippen LogP) is 3.19. The number of phenols is 1. The van der Waals surface area contributed by atoms with Crippen molar-refractivity contribution in [1.29, 1.82) is 0 Å². The maximum atomic E-state index is 11.6. The van der Waals surface area contributed by atoms with E-state index < -0.39 is 0 Å². The molecule has 1 unspecified atom stereocenters. The van der Waals surface area contributed by atoms with Gasteiger partial charge >= 0.3 is 0 Å². The van der Waals surface area contributed by atoms with Gasteiger partial charge in [0, 0.05) is 60.4 Å². The van der Waals surface area contributed by atoms with Gasteiger partial charge in [-0.25, -0.2) is 0 Å². The first kappa shape index (κ1) is 18.6. The number of benzene rings is 1. The van der Waals surface area contributed by atoms with Crippen molar-refractivity contribution in [3.05, 3.63) is 46.6 Å². The number of Topliss-reactive ketones (excluding diaryl/α,β-unsaturated/α-hetero) is 1. The molecule has 6 N–H and O–H groups in total. The van der Waals surface area contributed by atoms with E-state index in [9.17, 15) is 9.90 Å². The maximum absolute atomic E-state index is 11.6. The summed E-state index contributed by atoms with van der Waals surface area (Å²) in [7, 11) is 0. The summed E-state index contributed by atoms with van der Waals surface area (Å²) in [5, 5.41) is 10.1. The molecule has 4 rings (SSSR count). The molecule has 2 aromatic rings. The number of fused-ring (bicyclic) bond motifs is 1. The number of aromatic amines is 1. The zero-order valence-electron chi connectivity index (χ0n) is 16.2. The second-order valence-electron chi connectivity index (χ2n) is 7.90. The number of carbonyl (C=O) groups is 1. The van der Waals surface area contributed by atoms with Gasteiger partial charge in [0.05, 0.1) is 0 Å². The molecule has 1 fully saturated rings. The van der Waals surface area contributed by atoms with E-state index in [-0.39, 0.29) is 11.8 Å². The number of aromatic hydroxyl groups is 1. The molecule has 6 nitrogen and oxygen atoms in total. The molecule has 0 saturated heterocycles. The van der Waals surface area contributed by atoms with Crippen molar-refractivity contribution in [3.8, 4) is 5.75 Å². The number of nitrogen functional groups attached to an aromatic ring is 1. The Hall–Kier alpha value is -2.73. The van der Waals surface area contributed by atoms with Crippen LogP contribution in [0.4, 0.5) is 5.82 Å². The van der Waals surface area contributed by atoms with E-state index in [1.54, 1.807) is 18.2 Å². The lowest BCUT2D eigenvalue weighted by atomic mass is 9.88. The number of ketones is 1. The van der Waals surface area contributed by atoms with Crippen LogP contribution in [0.25, 0.3) is 11.8 Å². The lowest BCUT2D eigenvalue weighted by Crippen LogP contribution is -2.43. The largest absolute Gasteiger partial charge is 0.507 e. The Balaban J connectivity index is 1.67. The third-order valence-corrected chi connectivity index (χ3v) is 6.22. The molecular weight excluding hydrogens is 352 g/mol. The Morgan fingerprint density at radius 3 is 2.68 bits per heavy atom. The Bertz CT molecular complexity index is 921. The number of nitrogens with one attached hydrogen (secondary N) is 1. The van der Waals surface area contributed by atoms with Gasteiger partial charge in [0.1, 0.15) is 17.4 Å². The number of rotatable bonds is 3. The van der Waals surface area contributed by atoms with Gasteiger partial charge in [0.25, 0.3) is 0 Å². The van der Waals surface area contributed by atoms with Gasteiger partial charge in [-0.05, 0) is 43.5 Å². The number of hydrogen-bond donors (Lipinski definition) is 4. The lowest BCUT2D eigenvalue weighted by molar-refractivity contribution is -0.121. The molecule has 6 heteroatoms. The molecule has 2 aliphatic rings. The number of aromatic nitrogens is 1. The molecule has 28 heavy (non-hydrogen) atoms. The van der Waals surface area contributed by atoms with Crippen molar-refractivity contribution in [2.75, 3.05) is 12.3 Å². The molecule has 1 aliphatic carbocycles. The molecule has 1 aromatic heterocycles. The first-order valence-electron chi connectivity index (χ1n) is 9.99. The standard InChI is InChI=1S/C22H28N4O2/c1-13-21-17(12-18(23)16-4-2-3-5-20(16)28)22(24)25-19(21)10-11-26(13)14-6-8-15(27)9-7-14/h2-5,12-14,25,28H,6-11,23-24H2,1H3/b18-12-. The second-order valence-corrected chi connectivity index (χ2v) is 7.90. The second kappa shape index (κ2) is 7.36. The highest BCUT2D eigenvalue weighted by atomic mass is 16.3. The first-order chi connectivity index (χ1) is 13.5. The molecule has 0 spiro atoms. The molecule has 0 bridgehead atoms. The molecule has 0 amide bonds. The van der Waals surface area contributed by atoms with Crippen LogP contribution in [0.15, 0.2) is 24.3 Å². The van der Waals surface area contributed by atoms with E-state index in [1.165, 1.54) is 5.56 Å². The summed E-state index contributed by atoms with van der Waals surface area (Å²) in [6, 6.07) is 7.67. The molecule has 2 heterocycles. The quantitative estimate of drug-likeness (QED) is 0.654. The summed E-state index contributed by atoms with van der Waals surface area (Å²) in [6.45, 7) is 3.17. The van der Waals surface area contributed by atoms with Gasteiger partial charge in [0.2, 0.25) is 0 Å². The predicted molar refractivity (Wildman–Crippen MR) is 111 cm³/mol. The van der Waals surface area contributed by atoms with E-state index in [2.05, 4.69) is 16.8 Å². The highest BCUT2D eigenvalue weighted by Gasteiger charge is 2.34. The fourth-order valence-electron chi connectivity index (χ4n) is 4.74. The van der Waals surface area contributed by atoms with Crippen molar-refractivity contribution in [3.63, 3.8) is 0 Å². The van der Waals surface area contributed by atoms with Crippen molar-refractivity contribution in [1.82, 2.24) is 9.88 Å². The number of H-pyrrole nitrogens is 1. The Labute approximate surface area is 165 Å². The van der Waals surface area contributed by atoms with E-state index in [0.29, 0.717) is 41.7 Å². The van der Waals surface area contributed by atoms with Gasteiger partial charge in [-0.15, -0.1) is 0 Å². The van der Waals surface area contributed by atoms with E-state index in [1.807, 2.05) is 12.1 Å². The van der Waals surface area contributed by atoms with Crippen LogP contribution in [0.3, 0.4) is 0 Å². The third kappa shape index (κ3) is 3.29. The van der Waals surface area contributed by atoms with E-state index >= 15 is 0 Å².